The number of anilines is 1. The molecule has 0 radical (unpaired) electrons. The number of benzene rings is 1. The van der Waals surface area contributed by atoms with Crippen LogP contribution in [-0.2, 0) is 16.0 Å². The molecule has 0 bridgehead atoms. The zero-order valence-corrected chi connectivity index (χ0v) is 17.3. The minimum absolute atomic E-state index is 0.154. The van der Waals surface area contributed by atoms with E-state index < -0.39 is 29.2 Å². The van der Waals surface area contributed by atoms with Crippen molar-refractivity contribution in [3.05, 3.63) is 51.8 Å². The van der Waals surface area contributed by atoms with E-state index in [0.29, 0.717) is 23.2 Å². The smallest absolute Gasteiger partial charge is 0.382 e. The minimum atomic E-state index is -5.34. The molecule has 10 heteroatoms. The molecule has 3 N–H and O–H groups in total. The zero-order chi connectivity index (χ0) is 23.3. The average molecular weight is 449 g/mol. The summed E-state index contributed by atoms with van der Waals surface area (Å²) in [5.41, 5.74) is 7.55. The fourth-order valence-corrected chi connectivity index (χ4v) is 4.18. The van der Waals surface area contributed by atoms with Crippen LogP contribution in [0.3, 0.4) is 0 Å². The first-order chi connectivity index (χ1) is 15.0. The molecular weight excluding hydrogens is 427 g/mol. The number of hydrogen-bond donors (Lipinski definition) is 2. The number of aromatic amines is 1. The highest BCUT2D eigenvalue weighted by Crippen LogP contribution is 2.52. The van der Waals surface area contributed by atoms with Gasteiger partial charge in [-0.25, -0.2) is 9.59 Å². The van der Waals surface area contributed by atoms with Crippen molar-refractivity contribution >= 4 is 17.6 Å². The number of nitrogens with one attached hydrogen (secondary N) is 1. The Morgan fingerprint density at radius 3 is 2.44 bits per heavy atom. The topological polar surface area (TPSA) is 105 Å². The van der Waals surface area contributed by atoms with Crippen molar-refractivity contribution in [2.24, 2.45) is 11.1 Å². The maximum absolute atomic E-state index is 12.4. The largest absolute Gasteiger partial charge is 0.491 e. The number of esters is 2. The molecule has 32 heavy (non-hydrogen) atoms. The summed E-state index contributed by atoms with van der Waals surface area (Å²) in [5.74, 6) is -4.32. The first-order valence-electron chi connectivity index (χ1n) is 10.2. The quantitative estimate of drug-likeness (QED) is 0.549. The number of hydrogen-bond acceptors (Lipinski definition) is 6. The van der Waals surface area contributed by atoms with Crippen LogP contribution in [0.4, 0.5) is 18.9 Å². The van der Waals surface area contributed by atoms with Crippen molar-refractivity contribution in [1.29, 1.82) is 0 Å². The SMILES string of the molecule is CCc1cc(C(=O)OC(=O)C(F)(F)F)c(=O)[nH]c1-c1ccc(N2CC(N)C3(CC3)C2)cc1. The number of alkyl halides is 3. The fraction of sp³-hybridized carbons (Fsp3) is 0.409. The van der Waals surface area contributed by atoms with Crippen LogP contribution < -0.4 is 16.2 Å². The first kappa shape index (κ1) is 22.1. The number of aromatic nitrogens is 1. The highest BCUT2D eigenvalue weighted by molar-refractivity contribution is 5.98. The standard InChI is InChI=1S/C22H22F3N3O4/c1-2-12-9-15(19(30)32-20(31)22(23,24)25)18(29)27-17(12)13-3-5-14(6-4-13)28-10-16(26)21(11-28)7-8-21/h3-6,9,16H,2,7-8,10-11,26H2,1H3,(H,27,29). The summed E-state index contributed by atoms with van der Waals surface area (Å²) in [7, 11) is 0. The molecule has 1 saturated heterocycles. The minimum Gasteiger partial charge on any atom is -0.382 e. The van der Waals surface area contributed by atoms with Crippen LogP contribution in [0.2, 0.25) is 0 Å². The molecule has 1 aromatic carbocycles. The number of nitrogens with zero attached hydrogens (tertiary/aromatic N) is 1. The lowest BCUT2D eigenvalue weighted by molar-refractivity contribution is -0.193. The molecule has 0 amide bonds. The summed E-state index contributed by atoms with van der Waals surface area (Å²) in [6, 6.07) is 8.81. The third-order valence-electron chi connectivity index (χ3n) is 6.26. The Kier molecular flexibility index (Phi) is 5.36. The number of H-pyrrole nitrogens is 1. The lowest BCUT2D eigenvalue weighted by atomic mass is 10.0. The van der Waals surface area contributed by atoms with Gasteiger partial charge in [0.25, 0.3) is 5.56 Å². The molecule has 170 valence electrons. The van der Waals surface area contributed by atoms with Crippen molar-refractivity contribution in [2.45, 2.75) is 38.4 Å². The number of ether oxygens (including phenoxy) is 1. The number of pyridine rings is 1. The predicted octanol–water partition coefficient (Wildman–Crippen LogP) is 2.78. The summed E-state index contributed by atoms with van der Waals surface area (Å²) in [6.45, 7) is 3.46. The Morgan fingerprint density at radius 1 is 1.25 bits per heavy atom. The molecule has 1 spiro atoms. The molecule has 1 unspecified atom stereocenters. The van der Waals surface area contributed by atoms with Gasteiger partial charge in [-0.05, 0) is 48.6 Å². The number of halogens is 3. The Bertz CT molecular complexity index is 1120. The number of aryl methyl sites for hydroxylation is 1. The van der Waals surface area contributed by atoms with Crippen LogP contribution >= 0.6 is 0 Å². The van der Waals surface area contributed by atoms with Gasteiger partial charge in [-0.2, -0.15) is 13.2 Å². The average Bonchev–Trinajstić information content (AvgIpc) is 3.45. The van der Waals surface area contributed by atoms with Crippen LogP contribution in [-0.4, -0.2) is 42.2 Å². The van der Waals surface area contributed by atoms with Gasteiger partial charge < -0.3 is 20.4 Å². The van der Waals surface area contributed by atoms with E-state index in [1.165, 1.54) is 0 Å². The molecule has 2 aliphatic rings. The van der Waals surface area contributed by atoms with Gasteiger partial charge in [0.2, 0.25) is 0 Å². The molecule has 1 aliphatic heterocycles. The van der Waals surface area contributed by atoms with E-state index in [0.717, 1.165) is 37.7 Å². The third-order valence-corrected chi connectivity index (χ3v) is 6.26. The third kappa shape index (κ3) is 4.02. The van der Waals surface area contributed by atoms with Gasteiger partial charge >= 0.3 is 18.1 Å². The van der Waals surface area contributed by atoms with Gasteiger partial charge in [0.15, 0.2) is 0 Å². The van der Waals surface area contributed by atoms with Crippen molar-refractivity contribution in [3.8, 4) is 11.3 Å². The van der Waals surface area contributed by atoms with Gasteiger partial charge in [-0.15, -0.1) is 0 Å². The van der Waals surface area contributed by atoms with Gasteiger partial charge in [0.1, 0.15) is 5.56 Å². The lowest BCUT2D eigenvalue weighted by Gasteiger charge is -2.19. The van der Waals surface area contributed by atoms with Crippen LogP contribution in [0.15, 0.2) is 35.1 Å². The van der Waals surface area contributed by atoms with Crippen LogP contribution in [0.5, 0.6) is 0 Å². The van der Waals surface area contributed by atoms with Crippen molar-refractivity contribution < 1.29 is 27.5 Å². The fourth-order valence-electron chi connectivity index (χ4n) is 4.18. The summed E-state index contributed by atoms with van der Waals surface area (Å²) in [4.78, 5) is 40.0. The molecule has 4 rings (SSSR count). The molecule has 7 nitrogen and oxygen atoms in total. The lowest BCUT2D eigenvalue weighted by Crippen LogP contribution is -2.30. The van der Waals surface area contributed by atoms with Gasteiger partial charge in [0.05, 0.1) is 5.69 Å². The van der Waals surface area contributed by atoms with Crippen LogP contribution in [0, 0.1) is 5.41 Å². The molecule has 1 aromatic heterocycles. The normalized spacial score (nSPS) is 19.3. The van der Waals surface area contributed by atoms with Crippen LogP contribution in [0.1, 0.15) is 35.7 Å². The van der Waals surface area contributed by atoms with Crippen molar-refractivity contribution in [1.82, 2.24) is 4.98 Å². The molecule has 1 saturated carbocycles. The van der Waals surface area contributed by atoms with E-state index in [2.05, 4.69) is 14.6 Å². The number of rotatable bonds is 4. The van der Waals surface area contributed by atoms with E-state index in [-0.39, 0.29) is 11.5 Å². The molecular formula is C22H22F3N3O4. The molecule has 2 aromatic rings. The van der Waals surface area contributed by atoms with Crippen molar-refractivity contribution in [3.63, 3.8) is 0 Å². The second-order valence-electron chi connectivity index (χ2n) is 8.34. The highest BCUT2D eigenvalue weighted by atomic mass is 19.4. The molecule has 1 aliphatic carbocycles. The van der Waals surface area contributed by atoms with Gasteiger partial charge in [-0.3, -0.25) is 4.79 Å². The molecule has 2 heterocycles. The Labute approximate surface area is 181 Å². The maximum Gasteiger partial charge on any atom is 0.491 e. The number of carbonyl (C=O) groups is 2. The first-order valence-corrected chi connectivity index (χ1v) is 10.2. The van der Waals surface area contributed by atoms with E-state index >= 15 is 0 Å². The Hall–Kier alpha value is -3.14. The summed E-state index contributed by atoms with van der Waals surface area (Å²) in [6.07, 6.45) is -2.67. The van der Waals surface area contributed by atoms with E-state index in [4.69, 9.17) is 5.73 Å². The zero-order valence-electron chi connectivity index (χ0n) is 17.3. The molecule has 1 atom stereocenters. The second kappa shape index (κ2) is 7.77. The summed E-state index contributed by atoms with van der Waals surface area (Å²) < 4.78 is 40.8. The Balaban J connectivity index is 1.57. The highest BCUT2D eigenvalue weighted by Gasteiger charge is 2.53. The summed E-state index contributed by atoms with van der Waals surface area (Å²) >= 11 is 0. The molecule has 2 fully saturated rings. The van der Waals surface area contributed by atoms with Gasteiger partial charge in [-0.1, -0.05) is 19.1 Å². The van der Waals surface area contributed by atoms with E-state index in [1.54, 1.807) is 6.92 Å². The van der Waals surface area contributed by atoms with Crippen molar-refractivity contribution in [2.75, 3.05) is 18.0 Å². The summed E-state index contributed by atoms with van der Waals surface area (Å²) in [5, 5.41) is 0. The number of nitrogens with two attached hydrogens (primary N) is 1. The van der Waals surface area contributed by atoms with E-state index in [9.17, 15) is 27.6 Å². The predicted molar refractivity (Wildman–Crippen MR) is 110 cm³/mol. The maximum atomic E-state index is 12.4. The second-order valence-corrected chi connectivity index (χ2v) is 8.34. The van der Waals surface area contributed by atoms with Crippen LogP contribution in [0.25, 0.3) is 11.3 Å². The monoisotopic (exact) mass is 449 g/mol. The van der Waals surface area contributed by atoms with Gasteiger partial charge in [0, 0.05) is 30.2 Å². The van der Waals surface area contributed by atoms with E-state index in [1.807, 2.05) is 24.3 Å². The number of carbonyl (C=O) groups excluding carboxylic acids is 2. The Morgan fingerprint density at radius 2 is 1.91 bits per heavy atom.